The summed E-state index contributed by atoms with van der Waals surface area (Å²) in [6.45, 7) is 6.31. The minimum atomic E-state index is 0.183. The van der Waals surface area contributed by atoms with Crippen molar-refractivity contribution in [2.24, 2.45) is 0 Å². The minimum Gasteiger partial charge on any atom is -0.339 e. The molecule has 3 heteroatoms. The first kappa shape index (κ1) is 11.6. The van der Waals surface area contributed by atoms with Crippen LogP contribution in [0.1, 0.15) is 32.6 Å². The lowest BCUT2D eigenvalue weighted by Gasteiger charge is -2.36. The minimum absolute atomic E-state index is 0.183. The molecule has 0 aliphatic carbocycles. The Balaban J connectivity index is 1.79. The van der Waals surface area contributed by atoms with Gasteiger partial charge < -0.3 is 9.80 Å². The summed E-state index contributed by atoms with van der Waals surface area (Å²) in [5.41, 5.74) is 0. The number of amides is 1. The molecule has 2 saturated heterocycles. The van der Waals surface area contributed by atoms with Gasteiger partial charge >= 0.3 is 0 Å². The standard InChI is InChI=1S/C13H22N2O/c1-2-5-13(16)15-10-6-12(7-11-15)14-8-3-4-9-14/h2,5,12H,3-4,6-11H2,1H3/b5-2+. The molecule has 16 heavy (non-hydrogen) atoms. The van der Waals surface area contributed by atoms with Gasteiger partial charge in [-0.2, -0.15) is 0 Å². The fourth-order valence-corrected chi connectivity index (χ4v) is 2.81. The average molecular weight is 222 g/mol. The lowest BCUT2D eigenvalue weighted by atomic mass is 10.0. The molecular weight excluding hydrogens is 200 g/mol. The van der Waals surface area contributed by atoms with E-state index < -0.39 is 0 Å². The summed E-state index contributed by atoms with van der Waals surface area (Å²) >= 11 is 0. The molecule has 1 amide bonds. The van der Waals surface area contributed by atoms with Gasteiger partial charge in [0.2, 0.25) is 5.91 Å². The van der Waals surface area contributed by atoms with E-state index in [1.807, 2.05) is 17.9 Å². The number of hydrogen-bond donors (Lipinski definition) is 0. The van der Waals surface area contributed by atoms with E-state index in [9.17, 15) is 4.79 Å². The Hall–Kier alpha value is -0.830. The maximum atomic E-state index is 11.7. The van der Waals surface area contributed by atoms with E-state index in [0.29, 0.717) is 0 Å². The van der Waals surface area contributed by atoms with Gasteiger partial charge in [-0.1, -0.05) is 6.08 Å². The number of rotatable bonds is 2. The van der Waals surface area contributed by atoms with E-state index in [4.69, 9.17) is 0 Å². The third-order valence-electron chi connectivity index (χ3n) is 3.74. The van der Waals surface area contributed by atoms with Crippen LogP contribution in [0.3, 0.4) is 0 Å². The molecule has 2 heterocycles. The molecule has 2 aliphatic rings. The fraction of sp³-hybridized carbons (Fsp3) is 0.769. The van der Waals surface area contributed by atoms with E-state index in [-0.39, 0.29) is 5.91 Å². The van der Waals surface area contributed by atoms with Crippen LogP contribution in [0, 0.1) is 0 Å². The van der Waals surface area contributed by atoms with Gasteiger partial charge in [0.25, 0.3) is 0 Å². The van der Waals surface area contributed by atoms with Crippen LogP contribution in [0.15, 0.2) is 12.2 Å². The first-order chi connectivity index (χ1) is 7.81. The first-order valence-corrected chi connectivity index (χ1v) is 6.47. The van der Waals surface area contributed by atoms with Crippen molar-refractivity contribution < 1.29 is 4.79 Å². The summed E-state index contributed by atoms with van der Waals surface area (Å²) < 4.78 is 0. The number of hydrogen-bond acceptors (Lipinski definition) is 2. The molecule has 0 aromatic rings. The summed E-state index contributed by atoms with van der Waals surface area (Å²) in [6.07, 6.45) is 8.53. The van der Waals surface area contributed by atoms with Gasteiger partial charge in [0.1, 0.15) is 0 Å². The molecule has 0 bridgehead atoms. The zero-order valence-electron chi connectivity index (χ0n) is 10.2. The van der Waals surface area contributed by atoms with Crippen LogP contribution in [0.2, 0.25) is 0 Å². The van der Waals surface area contributed by atoms with Crippen LogP contribution in [0.5, 0.6) is 0 Å². The highest BCUT2D eigenvalue weighted by atomic mass is 16.2. The van der Waals surface area contributed by atoms with Crippen LogP contribution < -0.4 is 0 Å². The topological polar surface area (TPSA) is 23.6 Å². The summed E-state index contributed by atoms with van der Waals surface area (Å²) in [4.78, 5) is 16.2. The molecule has 0 unspecified atom stereocenters. The molecule has 2 rings (SSSR count). The second-order valence-corrected chi connectivity index (χ2v) is 4.80. The highest BCUT2D eigenvalue weighted by Crippen LogP contribution is 2.21. The monoisotopic (exact) mass is 222 g/mol. The summed E-state index contributed by atoms with van der Waals surface area (Å²) in [7, 11) is 0. The third kappa shape index (κ3) is 2.64. The molecule has 0 aromatic heterocycles. The Morgan fingerprint density at radius 1 is 1.12 bits per heavy atom. The molecule has 0 spiro atoms. The van der Waals surface area contributed by atoms with E-state index in [1.54, 1.807) is 6.08 Å². The normalized spacial score (nSPS) is 24.4. The zero-order chi connectivity index (χ0) is 11.4. The van der Waals surface area contributed by atoms with Gasteiger partial charge in [0, 0.05) is 19.1 Å². The van der Waals surface area contributed by atoms with Gasteiger partial charge in [-0.05, 0) is 51.8 Å². The third-order valence-corrected chi connectivity index (χ3v) is 3.74. The second kappa shape index (κ2) is 5.48. The SMILES string of the molecule is C/C=C/C(=O)N1CCC(N2CCCC2)CC1. The molecule has 90 valence electrons. The quantitative estimate of drug-likeness (QED) is 0.663. The smallest absolute Gasteiger partial charge is 0.246 e. The second-order valence-electron chi connectivity index (χ2n) is 4.80. The molecule has 0 aromatic carbocycles. The molecule has 2 fully saturated rings. The highest BCUT2D eigenvalue weighted by molar-refractivity contribution is 5.87. The van der Waals surface area contributed by atoms with Crippen LogP contribution in [0.4, 0.5) is 0 Å². The van der Waals surface area contributed by atoms with E-state index in [2.05, 4.69) is 4.90 Å². The molecule has 0 N–H and O–H groups in total. The number of nitrogens with zero attached hydrogens (tertiary/aromatic N) is 2. The zero-order valence-corrected chi connectivity index (χ0v) is 10.2. The Morgan fingerprint density at radius 3 is 2.31 bits per heavy atom. The summed E-state index contributed by atoms with van der Waals surface area (Å²) in [6, 6.07) is 0.733. The van der Waals surface area contributed by atoms with E-state index >= 15 is 0 Å². The predicted octanol–water partition coefficient (Wildman–Crippen LogP) is 1.65. The van der Waals surface area contributed by atoms with E-state index in [0.717, 1.165) is 32.0 Å². The molecular formula is C13H22N2O. The van der Waals surface area contributed by atoms with Gasteiger partial charge in [0.15, 0.2) is 0 Å². The number of carbonyl (C=O) groups is 1. The first-order valence-electron chi connectivity index (χ1n) is 6.47. The lowest BCUT2D eigenvalue weighted by Crippen LogP contribution is -2.45. The van der Waals surface area contributed by atoms with Gasteiger partial charge in [0.05, 0.1) is 0 Å². The van der Waals surface area contributed by atoms with Gasteiger partial charge in [-0.25, -0.2) is 0 Å². The predicted molar refractivity (Wildman–Crippen MR) is 65.2 cm³/mol. The van der Waals surface area contributed by atoms with Crippen LogP contribution in [0.25, 0.3) is 0 Å². The number of likely N-dealkylation sites (tertiary alicyclic amines) is 2. The summed E-state index contributed by atoms with van der Waals surface area (Å²) in [5, 5.41) is 0. The largest absolute Gasteiger partial charge is 0.339 e. The van der Waals surface area contributed by atoms with Crippen molar-refractivity contribution in [3.8, 4) is 0 Å². The van der Waals surface area contributed by atoms with Crippen molar-refractivity contribution >= 4 is 5.91 Å². The number of allylic oxidation sites excluding steroid dienone is 1. The Kier molecular flexibility index (Phi) is 3.99. The van der Waals surface area contributed by atoms with Crippen molar-refractivity contribution in [1.82, 2.24) is 9.80 Å². The van der Waals surface area contributed by atoms with Crippen molar-refractivity contribution in [2.75, 3.05) is 26.2 Å². The van der Waals surface area contributed by atoms with Crippen LogP contribution >= 0.6 is 0 Å². The Labute approximate surface area is 98.1 Å². The molecule has 2 aliphatic heterocycles. The van der Waals surface area contributed by atoms with Crippen LogP contribution in [-0.4, -0.2) is 47.9 Å². The average Bonchev–Trinajstić information content (AvgIpc) is 2.83. The number of piperidine rings is 1. The lowest BCUT2D eigenvalue weighted by molar-refractivity contribution is -0.127. The fourth-order valence-electron chi connectivity index (χ4n) is 2.81. The van der Waals surface area contributed by atoms with Crippen molar-refractivity contribution in [3.05, 3.63) is 12.2 Å². The molecule has 0 atom stereocenters. The van der Waals surface area contributed by atoms with Gasteiger partial charge in [-0.3, -0.25) is 4.79 Å². The highest BCUT2D eigenvalue weighted by Gasteiger charge is 2.27. The number of carbonyl (C=O) groups excluding carboxylic acids is 1. The summed E-state index contributed by atoms with van der Waals surface area (Å²) in [5.74, 6) is 0.183. The Bertz CT molecular complexity index is 261. The van der Waals surface area contributed by atoms with E-state index in [1.165, 1.54) is 25.9 Å². The molecule has 0 saturated carbocycles. The van der Waals surface area contributed by atoms with Crippen molar-refractivity contribution in [1.29, 1.82) is 0 Å². The Morgan fingerprint density at radius 2 is 1.75 bits per heavy atom. The van der Waals surface area contributed by atoms with Crippen molar-refractivity contribution in [3.63, 3.8) is 0 Å². The van der Waals surface area contributed by atoms with Gasteiger partial charge in [-0.15, -0.1) is 0 Å². The molecule has 0 radical (unpaired) electrons. The maximum absolute atomic E-state index is 11.7. The van der Waals surface area contributed by atoms with Crippen molar-refractivity contribution in [2.45, 2.75) is 38.6 Å². The van der Waals surface area contributed by atoms with Crippen LogP contribution in [-0.2, 0) is 4.79 Å². The molecule has 3 nitrogen and oxygen atoms in total. The maximum Gasteiger partial charge on any atom is 0.246 e.